The third-order valence-electron chi connectivity index (χ3n) is 4.19. The number of carbonyl (C=O) groups excluding carboxylic acids is 1. The number of rotatable bonds is 2. The van der Waals surface area contributed by atoms with Gasteiger partial charge in [0.15, 0.2) is 0 Å². The van der Waals surface area contributed by atoms with E-state index < -0.39 is 0 Å². The summed E-state index contributed by atoms with van der Waals surface area (Å²) >= 11 is 0. The highest BCUT2D eigenvalue weighted by atomic mass is 16.6. The molecule has 4 nitrogen and oxygen atoms in total. The molecule has 1 unspecified atom stereocenters. The zero-order valence-corrected chi connectivity index (χ0v) is 10.9. The maximum atomic E-state index is 12.0. The number of carbonyl (C=O) groups is 1. The molecule has 1 aromatic rings. The van der Waals surface area contributed by atoms with Gasteiger partial charge in [0.05, 0.1) is 6.10 Å². The summed E-state index contributed by atoms with van der Waals surface area (Å²) in [6.45, 7) is 1.79. The van der Waals surface area contributed by atoms with Gasteiger partial charge in [0, 0.05) is 13.1 Å². The summed E-state index contributed by atoms with van der Waals surface area (Å²) in [5.74, 6) is 0.915. The number of nitrogens with zero attached hydrogens (tertiary/aromatic N) is 1. The highest BCUT2D eigenvalue weighted by molar-refractivity contribution is 5.68. The van der Waals surface area contributed by atoms with Gasteiger partial charge < -0.3 is 14.7 Å². The molecule has 102 valence electrons. The second kappa shape index (κ2) is 5.21. The van der Waals surface area contributed by atoms with Gasteiger partial charge in [-0.25, -0.2) is 4.79 Å². The molecule has 1 heterocycles. The van der Waals surface area contributed by atoms with Crippen LogP contribution in [0.4, 0.5) is 4.79 Å². The largest absolute Gasteiger partial charge is 0.445 e. The minimum Gasteiger partial charge on any atom is -0.445 e. The van der Waals surface area contributed by atoms with Gasteiger partial charge >= 0.3 is 6.09 Å². The maximum Gasteiger partial charge on any atom is 0.410 e. The SMILES string of the molecule is O=C(OCc1ccccc1)N1C[C@H]2CC(O)C[C@H]2C1. The van der Waals surface area contributed by atoms with E-state index in [9.17, 15) is 9.90 Å². The molecule has 0 aromatic heterocycles. The van der Waals surface area contributed by atoms with Gasteiger partial charge in [-0.3, -0.25) is 0 Å². The molecule has 2 aliphatic rings. The summed E-state index contributed by atoms with van der Waals surface area (Å²) in [5, 5.41) is 9.58. The van der Waals surface area contributed by atoms with Crippen molar-refractivity contribution in [2.75, 3.05) is 13.1 Å². The number of hydrogen-bond acceptors (Lipinski definition) is 3. The molecule has 0 bridgehead atoms. The van der Waals surface area contributed by atoms with Crippen LogP contribution in [-0.4, -0.2) is 35.3 Å². The number of benzene rings is 1. The fourth-order valence-electron chi connectivity index (χ4n) is 3.23. The third kappa shape index (κ3) is 2.73. The van der Waals surface area contributed by atoms with E-state index >= 15 is 0 Å². The van der Waals surface area contributed by atoms with Gasteiger partial charge in [-0.15, -0.1) is 0 Å². The Labute approximate surface area is 113 Å². The van der Waals surface area contributed by atoms with Crippen molar-refractivity contribution in [3.05, 3.63) is 35.9 Å². The molecular formula is C15H19NO3. The molecule has 2 fully saturated rings. The standard InChI is InChI=1S/C15H19NO3/c17-14-6-12-8-16(9-13(12)7-14)15(18)19-10-11-4-2-1-3-5-11/h1-5,12-14,17H,6-10H2/t12-,13+,14?. The molecule has 3 atom stereocenters. The maximum absolute atomic E-state index is 12.0. The quantitative estimate of drug-likeness (QED) is 0.886. The van der Waals surface area contributed by atoms with Gasteiger partial charge in [-0.05, 0) is 30.2 Å². The number of hydrogen-bond donors (Lipinski definition) is 1. The number of amides is 1. The first kappa shape index (κ1) is 12.5. The Hall–Kier alpha value is -1.55. The number of likely N-dealkylation sites (tertiary alicyclic amines) is 1. The van der Waals surface area contributed by atoms with Crippen molar-refractivity contribution >= 4 is 6.09 Å². The summed E-state index contributed by atoms with van der Waals surface area (Å²) < 4.78 is 5.33. The van der Waals surface area contributed by atoms with E-state index in [0.29, 0.717) is 18.4 Å². The van der Waals surface area contributed by atoms with Gasteiger partial charge in [-0.2, -0.15) is 0 Å². The van der Waals surface area contributed by atoms with Crippen molar-refractivity contribution in [1.82, 2.24) is 4.90 Å². The average molecular weight is 261 g/mol. The summed E-state index contributed by atoms with van der Waals surface area (Å²) in [5.41, 5.74) is 1.01. The first-order valence-electron chi connectivity index (χ1n) is 6.86. The Kier molecular flexibility index (Phi) is 3.42. The lowest BCUT2D eigenvalue weighted by Gasteiger charge is -2.17. The van der Waals surface area contributed by atoms with E-state index in [1.165, 1.54) is 0 Å². The first-order chi connectivity index (χ1) is 9.22. The Morgan fingerprint density at radius 1 is 1.21 bits per heavy atom. The van der Waals surface area contributed by atoms with Crippen molar-refractivity contribution in [3.63, 3.8) is 0 Å². The van der Waals surface area contributed by atoms with Crippen LogP contribution in [0.15, 0.2) is 30.3 Å². The lowest BCUT2D eigenvalue weighted by molar-refractivity contribution is 0.0972. The number of fused-ring (bicyclic) bond motifs is 1. The molecule has 4 heteroatoms. The number of aliphatic hydroxyl groups is 1. The Balaban J connectivity index is 1.50. The molecule has 1 saturated heterocycles. The van der Waals surface area contributed by atoms with Crippen molar-refractivity contribution < 1.29 is 14.6 Å². The van der Waals surface area contributed by atoms with Crippen molar-refractivity contribution in [2.45, 2.75) is 25.6 Å². The third-order valence-corrected chi connectivity index (χ3v) is 4.19. The second-order valence-electron chi connectivity index (χ2n) is 5.59. The molecular weight excluding hydrogens is 242 g/mol. The van der Waals surface area contributed by atoms with Gasteiger partial charge in [0.25, 0.3) is 0 Å². The smallest absolute Gasteiger partial charge is 0.410 e. The van der Waals surface area contributed by atoms with E-state index in [-0.39, 0.29) is 12.2 Å². The highest BCUT2D eigenvalue weighted by Gasteiger charge is 2.42. The van der Waals surface area contributed by atoms with Crippen LogP contribution in [0.3, 0.4) is 0 Å². The van der Waals surface area contributed by atoms with Crippen LogP contribution in [0.1, 0.15) is 18.4 Å². The molecule has 0 spiro atoms. The fourth-order valence-corrected chi connectivity index (χ4v) is 3.23. The minimum atomic E-state index is -0.229. The van der Waals surface area contributed by atoms with Crippen LogP contribution < -0.4 is 0 Å². The Morgan fingerprint density at radius 3 is 2.47 bits per heavy atom. The fraction of sp³-hybridized carbons (Fsp3) is 0.533. The Morgan fingerprint density at radius 2 is 1.84 bits per heavy atom. The van der Waals surface area contributed by atoms with Crippen LogP contribution in [0, 0.1) is 11.8 Å². The van der Waals surface area contributed by atoms with Crippen LogP contribution in [0.2, 0.25) is 0 Å². The lowest BCUT2D eigenvalue weighted by atomic mass is 10.0. The molecule has 1 N–H and O–H groups in total. The normalized spacial score (nSPS) is 29.3. The monoisotopic (exact) mass is 261 g/mol. The summed E-state index contributed by atoms with van der Waals surface area (Å²) in [6, 6.07) is 9.71. The zero-order valence-electron chi connectivity index (χ0n) is 10.9. The van der Waals surface area contributed by atoms with E-state index in [2.05, 4.69) is 0 Å². The number of ether oxygens (including phenoxy) is 1. The predicted octanol–water partition coefficient (Wildman–Crippen LogP) is 2.03. The topological polar surface area (TPSA) is 49.8 Å². The molecule has 3 rings (SSSR count). The van der Waals surface area contributed by atoms with Crippen LogP contribution >= 0.6 is 0 Å². The van der Waals surface area contributed by atoms with Crippen LogP contribution in [-0.2, 0) is 11.3 Å². The van der Waals surface area contributed by atoms with E-state index in [1.807, 2.05) is 30.3 Å². The molecule has 1 aromatic carbocycles. The molecule has 1 aliphatic heterocycles. The van der Waals surface area contributed by atoms with Crippen LogP contribution in [0.5, 0.6) is 0 Å². The molecule has 1 saturated carbocycles. The highest BCUT2D eigenvalue weighted by Crippen LogP contribution is 2.38. The minimum absolute atomic E-state index is 0.169. The average Bonchev–Trinajstić information content (AvgIpc) is 2.94. The van der Waals surface area contributed by atoms with E-state index in [1.54, 1.807) is 4.90 Å². The first-order valence-corrected chi connectivity index (χ1v) is 6.86. The lowest BCUT2D eigenvalue weighted by Crippen LogP contribution is -2.30. The summed E-state index contributed by atoms with van der Waals surface area (Å²) in [4.78, 5) is 13.8. The zero-order chi connectivity index (χ0) is 13.2. The van der Waals surface area contributed by atoms with Gasteiger partial charge in [0.2, 0.25) is 0 Å². The van der Waals surface area contributed by atoms with E-state index in [4.69, 9.17) is 4.74 Å². The summed E-state index contributed by atoms with van der Waals surface area (Å²) in [7, 11) is 0. The predicted molar refractivity (Wildman–Crippen MR) is 70.4 cm³/mol. The molecule has 19 heavy (non-hydrogen) atoms. The molecule has 1 amide bonds. The number of aliphatic hydroxyl groups excluding tert-OH is 1. The second-order valence-corrected chi connectivity index (χ2v) is 5.59. The van der Waals surface area contributed by atoms with Crippen molar-refractivity contribution in [1.29, 1.82) is 0 Å². The van der Waals surface area contributed by atoms with Crippen molar-refractivity contribution in [3.8, 4) is 0 Å². The molecule has 0 radical (unpaired) electrons. The van der Waals surface area contributed by atoms with Gasteiger partial charge in [0.1, 0.15) is 6.61 Å². The van der Waals surface area contributed by atoms with Crippen LogP contribution in [0.25, 0.3) is 0 Å². The summed E-state index contributed by atoms with van der Waals surface area (Å²) in [6.07, 6.45) is 1.26. The van der Waals surface area contributed by atoms with Crippen molar-refractivity contribution in [2.24, 2.45) is 11.8 Å². The Bertz CT molecular complexity index is 434. The molecule has 1 aliphatic carbocycles. The van der Waals surface area contributed by atoms with Gasteiger partial charge in [-0.1, -0.05) is 30.3 Å². The van der Waals surface area contributed by atoms with E-state index in [0.717, 1.165) is 31.5 Å².